The van der Waals surface area contributed by atoms with Gasteiger partial charge in [-0.05, 0) is 42.5 Å². The number of hydrogen-bond donors (Lipinski definition) is 2. The average Bonchev–Trinajstić information content (AvgIpc) is 2.65. The van der Waals surface area contributed by atoms with Gasteiger partial charge in [0.2, 0.25) is 0 Å². The van der Waals surface area contributed by atoms with Crippen LogP contribution in [0.4, 0.5) is 17.2 Å². The van der Waals surface area contributed by atoms with Crippen LogP contribution in [-0.4, -0.2) is 16.1 Å². The summed E-state index contributed by atoms with van der Waals surface area (Å²) in [5, 5.41) is 23.5. The highest BCUT2D eigenvalue weighted by atomic mass is 35.5. The number of halogens is 2. The van der Waals surface area contributed by atoms with E-state index in [0.717, 1.165) is 0 Å². The molecule has 8 heteroatoms. The zero-order chi connectivity index (χ0) is 18.5. The van der Waals surface area contributed by atoms with Gasteiger partial charge in [-0.25, -0.2) is 0 Å². The van der Waals surface area contributed by atoms with E-state index in [9.17, 15) is 4.79 Å². The Morgan fingerprint density at radius 2 is 1.81 bits per heavy atom. The molecule has 0 aliphatic carbocycles. The van der Waals surface area contributed by atoms with Gasteiger partial charge < -0.3 is 10.6 Å². The number of rotatable bonds is 4. The summed E-state index contributed by atoms with van der Waals surface area (Å²) in [5.74, 6) is -0.0422. The fourth-order valence-electron chi connectivity index (χ4n) is 2.12. The molecule has 6 nitrogen and oxygen atoms in total. The van der Waals surface area contributed by atoms with Crippen molar-refractivity contribution in [3.63, 3.8) is 0 Å². The molecule has 1 heterocycles. The van der Waals surface area contributed by atoms with Gasteiger partial charge in [0.05, 0.1) is 22.0 Å². The third kappa shape index (κ3) is 4.09. The molecule has 128 valence electrons. The van der Waals surface area contributed by atoms with Gasteiger partial charge in [0.15, 0.2) is 11.5 Å². The van der Waals surface area contributed by atoms with Crippen LogP contribution in [0.15, 0.2) is 54.6 Å². The van der Waals surface area contributed by atoms with Gasteiger partial charge in [0.1, 0.15) is 6.07 Å². The largest absolute Gasteiger partial charge is 0.338 e. The van der Waals surface area contributed by atoms with E-state index in [1.54, 1.807) is 48.5 Å². The Balaban J connectivity index is 1.73. The van der Waals surface area contributed by atoms with Gasteiger partial charge in [-0.1, -0.05) is 35.3 Å². The number of hydrogen-bond acceptors (Lipinski definition) is 5. The van der Waals surface area contributed by atoms with Gasteiger partial charge >= 0.3 is 0 Å². The molecule has 2 aromatic carbocycles. The number of para-hydroxylation sites is 1. The normalized spacial score (nSPS) is 10.0. The lowest BCUT2D eigenvalue weighted by molar-refractivity contribution is 0.102. The number of aromatic nitrogens is 2. The molecular weight excluding hydrogens is 373 g/mol. The minimum atomic E-state index is -0.462. The lowest BCUT2D eigenvalue weighted by Gasteiger charge is -2.08. The van der Waals surface area contributed by atoms with E-state index in [4.69, 9.17) is 28.5 Å². The van der Waals surface area contributed by atoms with E-state index in [1.165, 1.54) is 6.07 Å². The molecule has 0 saturated carbocycles. The van der Waals surface area contributed by atoms with E-state index in [1.807, 2.05) is 6.07 Å². The van der Waals surface area contributed by atoms with Crippen molar-refractivity contribution < 1.29 is 4.79 Å². The maximum absolute atomic E-state index is 12.3. The van der Waals surface area contributed by atoms with Gasteiger partial charge in [-0.2, -0.15) is 5.26 Å². The van der Waals surface area contributed by atoms with Crippen LogP contribution in [0.2, 0.25) is 10.0 Å². The molecular formula is C18H11Cl2N5O. The predicted octanol–water partition coefficient (Wildman–Crippen LogP) is 4.65. The van der Waals surface area contributed by atoms with E-state index >= 15 is 0 Å². The van der Waals surface area contributed by atoms with Crippen LogP contribution >= 0.6 is 23.2 Å². The van der Waals surface area contributed by atoms with Crippen molar-refractivity contribution in [2.45, 2.75) is 0 Å². The number of benzene rings is 2. The maximum Gasteiger partial charge on any atom is 0.276 e. The molecule has 0 saturated heterocycles. The second-order valence-electron chi connectivity index (χ2n) is 5.16. The van der Waals surface area contributed by atoms with Crippen molar-refractivity contribution in [1.82, 2.24) is 10.2 Å². The molecule has 0 spiro atoms. The van der Waals surface area contributed by atoms with Crippen LogP contribution in [0.1, 0.15) is 16.1 Å². The molecule has 3 rings (SSSR count). The fourth-order valence-corrected chi connectivity index (χ4v) is 2.58. The Hall–Kier alpha value is -3.14. The highest BCUT2D eigenvalue weighted by molar-refractivity contribution is 6.36. The molecule has 0 fully saturated rings. The Labute approximate surface area is 159 Å². The number of nitrogens with zero attached hydrogens (tertiary/aromatic N) is 3. The summed E-state index contributed by atoms with van der Waals surface area (Å²) in [4.78, 5) is 12.3. The van der Waals surface area contributed by atoms with Crippen LogP contribution in [0, 0.1) is 11.3 Å². The van der Waals surface area contributed by atoms with Crippen LogP contribution in [-0.2, 0) is 0 Å². The topological polar surface area (TPSA) is 90.7 Å². The van der Waals surface area contributed by atoms with Crippen molar-refractivity contribution >= 4 is 46.3 Å². The Morgan fingerprint density at radius 3 is 2.50 bits per heavy atom. The second-order valence-corrected chi connectivity index (χ2v) is 6.01. The second kappa shape index (κ2) is 7.83. The van der Waals surface area contributed by atoms with Gasteiger partial charge in [-0.15, -0.1) is 10.2 Å². The van der Waals surface area contributed by atoms with Gasteiger partial charge in [-0.3, -0.25) is 4.79 Å². The first kappa shape index (κ1) is 17.7. The number of nitrogens with one attached hydrogen (secondary N) is 2. The van der Waals surface area contributed by atoms with Crippen molar-refractivity contribution in [2.75, 3.05) is 10.6 Å². The zero-order valence-corrected chi connectivity index (χ0v) is 14.7. The minimum Gasteiger partial charge on any atom is -0.338 e. The molecule has 0 radical (unpaired) electrons. The maximum atomic E-state index is 12.3. The fraction of sp³-hybridized carbons (Fsp3) is 0. The number of nitriles is 1. The lowest BCUT2D eigenvalue weighted by atomic mass is 10.2. The molecule has 0 bridgehead atoms. The van der Waals surface area contributed by atoms with E-state index < -0.39 is 5.91 Å². The molecule has 2 N–H and O–H groups in total. The quantitative estimate of drug-likeness (QED) is 0.683. The van der Waals surface area contributed by atoms with Crippen LogP contribution in [0.5, 0.6) is 0 Å². The van der Waals surface area contributed by atoms with E-state index in [2.05, 4.69) is 20.8 Å². The minimum absolute atomic E-state index is 0.116. The first-order valence-corrected chi connectivity index (χ1v) is 8.18. The van der Waals surface area contributed by atoms with E-state index in [-0.39, 0.29) is 5.69 Å². The summed E-state index contributed by atoms with van der Waals surface area (Å²) in [6.07, 6.45) is 0. The first-order chi connectivity index (χ1) is 12.6. The zero-order valence-electron chi connectivity index (χ0n) is 13.2. The lowest BCUT2D eigenvalue weighted by Crippen LogP contribution is -2.15. The standard InChI is InChI=1S/C18H11Cl2N5O/c19-12-5-6-15(13(20)9-12)22-17-8-7-16(24-25-17)18(26)23-14-4-2-1-3-11(14)10-21/h1-9H,(H,22,25)(H,23,26). The summed E-state index contributed by atoms with van der Waals surface area (Å²) in [6, 6.07) is 16.8. The SMILES string of the molecule is N#Cc1ccccc1NC(=O)c1ccc(Nc2ccc(Cl)cc2Cl)nn1. The average molecular weight is 384 g/mol. The monoisotopic (exact) mass is 383 g/mol. The van der Waals surface area contributed by atoms with Crippen molar-refractivity contribution in [3.05, 3.63) is 75.9 Å². The third-order valence-electron chi connectivity index (χ3n) is 3.39. The molecule has 26 heavy (non-hydrogen) atoms. The molecule has 0 aliphatic rings. The van der Waals surface area contributed by atoms with Crippen LogP contribution in [0.3, 0.4) is 0 Å². The Morgan fingerprint density at radius 1 is 1.00 bits per heavy atom. The van der Waals surface area contributed by atoms with Crippen LogP contribution < -0.4 is 10.6 Å². The van der Waals surface area contributed by atoms with Crippen LogP contribution in [0.25, 0.3) is 0 Å². The van der Waals surface area contributed by atoms with Crippen molar-refractivity contribution in [3.8, 4) is 6.07 Å². The Bertz CT molecular complexity index is 999. The van der Waals surface area contributed by atoms with Crippen molar-refractivity contribution in [1.29, 1.82) is 5.26 Å². The molecule has 0 aliphatic heterocycles. The summed E-state index contributed by atoms with van der Waals surface area (Å²) in [6.45, 7) is 0. The number of amides is 1. The third-order valence-corrected chi connectivity index (χ3v) is 3.93. The highest BCUT2D eigenvalue weighted by Crippen LogP contribution is 2.27. The molecule has 3 aromatic rings. The van der Waals surface area contributed by atoms with E-state index in [0.29, 0.717) is 32.8 Å². The van der Waals surface area contributed by atoms with Gasteiger partial charge in [0, 0.05) is 5.02 Å². The highest BCUT2D eigenvalue weighted by Gasteiger charge is 2.11. The number of carbonyl (C=O) groups excluding carboxylic acids is 1. The predicted molar refractivity (Wildman–Crippen MR) is 101 cm³/mol. The number of carbonyl (C=O) groups is 1. The molecule has 1 aromatic heterocycles. The molecule has 0 unspecified atom stereocenters. The summed E-state index contributed by atoms with van der Waals surface area (Å²) < 4.78 is 0. The summed E-state index contributed by atoms with van der Waals surface area (Å²) >= 11 is 12.0. The summed E-state index contributed by atoms with van der Waals surface area (Å²) in [5.41, 5.74) is 1.51. The molecule has 1 amide bonds. The smallest absolute Gasteiger partial charge is 0.276 e. The van der Waals surface area contributed by atoms with Crippen molar-refractivity contribution in [2.24, 2.45) is 0 Å². The summed E-state index contributed by atoms with van der Waals surface area (Å²) in [7, 11) is 0. The number of anilines is 3. The Kier molecular flexibility index (Phi) is 5.32. The van der Waals surface area contributed by atoms with Gasteiger partial charge in [0.25, 0.3) is 5.91 Å². The molecule has 0 atom stereocenters. The first-order valence-electron chi connectivity index (χ1n) is 7.43.